The number of aromatic nitrogens is 1. The molecule has 2 heterocycles. The Hall–Kier alpha value is -3.41. The van der Waals surface area contributed by atoms with Crippen LogP contribution in [0.1, 0.15) is 23.6 Å². The SMILES string of the molecule is COc1cccc([C@@H](CC(=O)NCc2ccc3c(c2)OCO3)n2cccc2)c1. The molecule has 0 fully saturated rings. The van der Waals surface area contributed by atoms with Gasteiger partial charge in [0.15, 0.2) is 11.5 Å². The quantitative estimate of drug-likeness (QED) is 0.683. The summed E-state index contributed by atoms with van der Waals surface area (Å²) in [5.41, 5.74) is 1.99. The molecule has 1 N–H and O–H groups in total. The second-order valence-electron chi connectivity index (χ2n) is 6.59. The van der Waals surface area contributed by atoms with Crippen LogP contribution in [-0.2, 0) is 11.3 Å². The van der Waals surface area contributed by atoms with Crippen molar-refractivity contribution in [2.75, 3.05) is 13.9 Å². The third-order valence-electron chi connectivity index (χ3n) is 4.77. The van der Waals surface area contributed by atoms with Crippen LogP contribution >= 0.6 is 0 Å². The molecule has 0 saturated heterocycles. The van der Waals surface area contributed by atoms with E-state index in [1.807, 2.05) is 71.6 Å². The van der Waals surface area contributed by atoms with Crippen LogP contribution in [0.15, 0.2) is 67.0 Å². The summed E-state index contributed by atoms with van der Waals surface area (Å²) >= 11 is 0. The second kappa shape index (κ2) is 8.08. The number of nitrogens with zero attached hydrogens (tertiary/aromatic N) is 1. The summed E-state index contributed by atoms with van der Waals surface area (Å²) in [7, 11) is 1.64. The number of carbonyl (C=O) groups excluding carboxylic acids is 1. The van der Waals surface area contributed by atoms with Gasteiger partial charge in [-0.05, 0) is 47.5 Å². The molecule has 6 nitrogen and oxygen atoms in total. The monoisotopic (exact) mass is 378 g/mol. The van der Waals surface area contributed by atoms with Crippen LogP contribution in [0.2, 0.25) is 0 Å². The van der Waals surface area contributed by atoms with Gasteiger partial charge in [0.2, 0.25) is 12.7 Å². The molecule has 0 spiro atoms. The Morgan fingerprint density at radius 3 is 2.75 bits per heavy atom. The van der Waals surface area contributed by atoms with Gasteiger partial charge in [0.1, 0.15) is 5.75 Å². The summed E-state index contributed by atoms with van der Waals surface area (Å²) in [5.74, 6) is 2.20. The Kier molecular flexibility index (Phi) is 5.19. The van der Waals surface area contributed by atoms with Crippen molar-refractivity contribution in [1.82, 2.24) is 9.88 Å². The second-order valence-corrected chi connectivity index (χ2v) is 6.59. The third-order valence-corrected chi connectivity index (χ3v) is 4.77. The first kappa shape index (κ1) is 18.0. The lowest BCUT2D eigenvalue weighted by Gasteiger charge is -2.20. The predicted molar refractivity (Wildman–Crippen MR) is 105 cm³/mol. The van der Waals surface area contributed by atoms with Crippen molar-refractivity contribution in [3.05, 3.63) is 78.1 Å². The lowest BCUT2D eigenvalue weighted by Crippen LogP contribution is -2.26. The first-order valence-corrected chi connectivity index (χ1v) is 9.14. The van der Waals surface area contributed by atoms with Crippen LogP contribution in [-0.4, -0.2) is 24.4 Å². The van der Waals surface area contributed by atoms with E-state index in [0.717, 1.165) is 22.6 Å². The Morgan fingerprint density at radius 2 is 1.93 bits per heavy atom. The molecule has 144 valence electrons. The maximum absolute atomic E-state index is 12.7. The molecule has 3 aromatic rings. The maximum atomic E-state index is 12.7. The summed E-state index contributed by atoms with van der Waals surface area (Å²) in [6.07, 6.45) is 4.26. The van der Waals surface area contributed by atoms with Crippen molar-refractivity contribution in [2.24, 2.45) is 0 Å². The summed E-state index contributed by atoms with van der Waals surface area (Å²) in [5, 5.41) is 3.00. The summed E-state index contributed by atoms with van der Waals surface area (Å²) in [4.78, 5) is 12.7. The highest BCUT2D eigenvalue weighted by Crippen LogP contribution is 2.32. The molecule has 1 amide bonds. The summed E-state index contributed by atoms with van der Waals surface area (Å²) in [6.45, 7) is 0.677. The van der Waals surface area contributed by atoms with Crippen molar-refractivity contribution < 1.29 is 19.0 Å². The number of rotatable bonds is 7. The number of carbonyl (C=O) groups is 1. The molecule has 6 heteroatoms. The first-order chi connectivity index (χ1) is 13.7. The lowest BCUT2D eigenvalue weighted by atomic mass is 10.0. The van der Waals surface area contributed by atoms with E-state index in [0.29, 0.717) is 18.7 Å². The zero-order valence-electron chi connectivity index (χ0n) is 15.6. The van der Waals surface area contributed by atoms with Gasteiger partial charge in [-0.3, -0.25) is 4.79 Å². The van der Waals surface area contributed by atoms with Crippen molar-refractivity contribution in [3.63, 3.8) is 0 Å². The molecule has 0 bridgehead atoms. The van der Waals surface area contributed by atoms with Gasteiger partial charge in [0.25, 0.3) is 0 Å². The number of hydrogen-bond acceptors (Lipinski definition) is 4. The van der Waals surface area contributed by atoms with Crippen LogP contribution < -0.4 is 19.5 Å². The highest BCUT2D eigenvalue weighted by Gasteiger charge is 2.18. The number of benzene rings is 2. The van der Waals surface area contributed by atoms with Crippen LogP contribution in [0.25, 0.3) is 0 Å². The smallest absolute Gasteiger partial charge is 0.231 e. The summed E-state index contributed by atoms with van der Waals surface area (Å²) < 4.78 is 18.1. The molecule has 4 rings (SSSR count). The zero-order valence-corrected chi connectivity index (χ0v) is 15.6. The fraction of sp³-hybridized carbons (Fsp3) is 0.227. The minimum Gasteiger partial charge on any atom is -0.497 e. The van der Waals surface area contributed by atoms with E-state index in [2.05, 4.69) is 5.32 Å². The van der Waals surface area contributed by atoms with Crippen LogP contribution in [0.5, 0.6) is 17.2 Å². The largest absolute Gasteiger partial charge is 0.497 e. The number of fused-ring (bicyclic) bond motifs is 1. The van der Waals surface area contributed by atoms with Crippen molar-refractivity contribution >= 4 is 5.91 Å². The Balaban J connectivity index is 1.45. The predicted octanol–water partition coefficient (Wildman–Crippen LogP) is 3.52. The fourth-order valence-electron chi connectivity index (χ4n) is 3.30. The van der Waals surface area contributed by atoms with Crippen LogP contribution in [0.4, 0.5) is 0 Å². The molecular formula is C22H22N2O4. The van der Waals surface area contributed by atoms with E-state index >= 15 is 0 Å². The first-order valence-electron chi connectivity index (χ1n) is 9.14. The zero-order chi connectivity index (χ0) is 19.3. The number of hydrogen-bond donors (Lipinski definition) is 1. The van der Waals surface area contributed by atoms with Crippen molar-refractivity contribution in [2.45, 2.75) is 19.0 Å². The highest BCUT2D eigenvalue weighted by molar-refractivity contribution is 5.77. The molecule has 1 aromatic heterocycles. The average molecular weight is 378 g/mol. The maximum Gasteiger partial charge on any atom is 0.231 e. The minimum absolute atomic E-state index is 0.0285. The van der Waals surface area contributed by atoms with Gasteiger partial charge in [0, 0.05) is 18.9 Å². The minimum atomic E-state index is -0.109. The number of amides is 1. The Morgan fingerprint density at radius 1 is 1.11 bits per heavy atom. The lowest BCUT2D eigenvalue weighted by molar-refractivity contribution is -0.121. The number of methoxy groups -OCH3 is 1. The normalized spacial score (nSPS) is 13.2. The molecule has 2 aromatic carbocycles. The summed E-state index contributed by atoms with van der Waals surface area (Å²) in [6, 6.07) is 17.3. The van der Waals surface area contributed by atoms with E-state index in [1.54, 1.807) is 7.11 Å². The van der Waals surface area contributed by atoms with Crippen LogP contribution in [0, 0.1) is 0 Å². The van der Waals surface area contributed by atoms with Gasteiger partial charge in [0.05, 0.1) is 19.6 Å². The van der Waals surface area contributed by atoms with Gasteiger partial charge in [-0.25, -0.2) is 0 Å². The molecule has 0 radical (unpaired) electrons. The fourth-order valence-corrected chi connectivity index (χ4v) is 3.30. The third kappa shape index (κ3) is 3.96. The topological polar surface area (TPSA) is 61.7 Å². The van der Waals surface area contributed by atoms with E-state index in [4.69, 9.17) is 14.2 Å². The number of nitrogens with one attached hydrogen (secondary N) is 1. The standard InChI is InChI=1S/C22H22N2O4/c1-26-18-6-4-5-17(12-18)19(24-9-2-3-10-24)13-22(25)23-14-16-7-8-20-21(11-16)28-15-27-20/h2-12,19H,13-15H2,1H3,(H,23,25)/t19-/m1/s1. The van der Waals surface area contributed by atoms with Gasteiger partial charge < -0.3 is 24.1 Å². The van der Waals surface area contributed by atoms with E-state index in [9.17, 15) is 4.79 Å². The van der Waals surface area contributed by atoms with Gasteiger partial charge in [-0.2, -0.15) is 0 Å². The van der Waals surface area contributed by atoms with E-state index in [1.165, 1.54) is 0 Å². The molecular weight excluding hydrogens is 356 g/mol. The number of ether oxygens (including phenoxy) is 3. The van der Waals surface area contributed by atoms with Crippen molar-refractivity contribution in [3.8, 4) is 17.2 Å². The Labute approximate surface area is 163 Å². The van der Waals surface area contributed by atoms with Crippen molar-refractivity contribution in [1.29, 1.82) is 0 Å². The molecule has 1 atom stereocenters. The molecule has 0 aliphatic carbocycles. The van der Waals surface area contributed by atoms with Crippen LogP contribution in [0.3, 0.4) is 0 Å². The molecule has 0 saturated carbocycles. The molecule has 1 aliphatic rings. The average Bonchev–Trinajstić information content (AvgIpc) is 3.42. The van der Waals surface area contributed by atoms with E-state index < -0.39 is 0 Å². The molecule has 0 unspecified atom stereocenters. The highest BCUT2D eigenvalue weighted by atomic mass is 16.7. The van der Waals surface area contributed by atoms with Gasteiger partial charge >= 0.3 is 0 Å². The Bertz CT molecular complexity index is 953. The van der Waals surface area contributed by atoms with Gasteiger partial charge in [-0.1, -0.05) is 18.2 Å². The van der Waals surface area contributed by atoms with Gasteiger partial charge in [-0.15, -0.1) is 0 Å². The van der Waals surface area contributed by atoms with E-state index in [-0.39, 0.29) is 18.7 Å². The molecule has 28 heavy (non-hydrogen) atoms. The molecule has 1 aliphatic heterocycles.